The number of rotatable bonds is 4. The fourth-order valence-corrected chi connectivity index (χ4v) is 8.27. The highest BCUT2D eigenvalue weighted by Crippen LogP contribution is 2.48. The molecule has 252 valence electrons. The monoisotopic (exact) mass is 670 g/mol. The van der Waals surface area contributed by atoms with Crippen molar-refractivity contribution < 1.29 is 0 Å². The van der Waals surface area contributed by atoms with Gasteiger partial charge >= 0.3 is 0 Å². The lowest BCUT2D eigenvalue weighted by Gasteiger charge is -2.45. The third-order valence-corrected chi connectivity index (χ3v) is 11.0. The molecule has 0 spiro atoms. The van der Waals surface area contributed by atoms with Crippen molar-refractivity contribution in [1.29, 1.82) is 0 Å². The van der Waals surface area contributed by atoms with E-state index in [1.165, 1.54) is 95.0 Å². The Balaban J connectivity index is 1.43. The maximum atomic E-state index is 2.56. The summed E-state index contributed by atoms with van der Waals surface area (Å²) in [5.41, 5.74) is 21.3. The van der Waals surface area contributed by atoms with Crippen LogP contribution in [0.5, 0.6) is 0 Å². The van der Waals surface area contributed by atoms with E-state index in [-0.39, 0.29) is 12.1 Å². The Morgan fingerprint density at radius 3 is 1.71 bits per heavy atom. The molecule has 0 amide bonds. The van der Waals surface area contributed by atoms with E-state index < -0.39 is 0 Å². The van der Waals surface area contributed by atoms with Crippen molar-refractivity contribution in [3.63, 3.8) is 0 Å². The number of anilines is 6. The Morgan fingerprint density at radius 1 is 0.423 bits per heavy atom. The van der Waals surface area contributed by atoms with Crippen LogP contribution in [0.25, 0.3) is 22.3 Å². The molecule has 0 saturated carbocycles. The Morgan fingerprint density at radius 2 is 1.00 bits per heavy atom. The molecule has 0 unspecified atom stereocenters. The predicted molar refractivity (Wildman–Crippen MR) is 224 cm³/mol. The van der Waals surface area contributed by atoms with Gasteiger partial charge in [0.05, 0.1) is 5.69 Å². The molecule has 3 heteroatoms. The van der Waals surface area contributed by atoms with Crippen LogP contribution < -0.4 is 26.2 Å². The van der Waals surface area contributed by atoms with Crippen molar-refractivity contribution in [2.24, 2.45) is 0 Å². The lowest BCUT2D eigenvalue weighted by Crippen LogP contribution is -2.61. The van der Waals surface area contributed by atoms with E-state index in [9.17, 15) is 0 Å². The van der Waals surface area contributed by atoms with E-state index in [4.69, 9.17) is 0 Å². The van der Waals surface area contributed by atoms with Crippen LogP contribution in [-0.4, -0.2) is 6.71 Å². The molecule has 2 heterocycles. The molecule has 0 aliphatic carbocycles. The molecule has 2 aliphatic rings. The fourth-order valence-electron chi connectivity index (χ4n) is 8.27. The highest BCUT2D eigenvalue weighted by Gasteiger charge is 2.44. The van der Waals surface area contributed by atoms with Gasteiger partial charge < -0.3 is 9.80 Å². The van der Waals surface area contributed by atoms with Crippen molar-refractivity contribution in [3.05, 3.63) is 174 Å². The molecule has 0 fully saturated rings. The summed E-state index contributed by atoms with van der Waals surface area (Å²) in [5, 5.41) is 0. The summed E-state index contributed by atoms with van der Waals surface area (Å²) in [6.45, 7) is 13.6. The molecule has 0 saturated heterocycles. The minimum Gasteiger partial charge on any atom is -0.311 e. The maximum Gasteiger partial charge on any atom is 0.252 e. The molecule has 7 aromatic carbocycles. The summed E-state index contributed by atoms with van der Waals surface area (Å²) >= 11 is 0. The van der Waals surface area contributed by atoms with Crippen LogP contribution >= 0.6 is 0 Å². The molecule has 0 aromatic heterocycles. The van der Waals surface area contributed by atoms with Crippen LogP contribution in [0.1, 0.15) is 43.0 Å². The van der Waals surface area contributed by atoms with E-state index in [0.717, 1.165) is 0 Å². The summed E-state index contributed by atoms with van der Waals surface area (Å²) < 4.78 is 0. The molecular formula is C49H43BN2. The second kappa shape index (κ2) is 12.2. The first-order chi connectivity index (χ1) is 25.2. The highest BCUT2D eigenvalue weighted by atomic mass is 15.2. The molecular weight excluding hydrogens is 627 g/mol. The maximum absolute atomic E-state index is 2.56. The third kappa shape index (κ3) is 5.26. The summed E-state index contributed by atoms with van der Waals surface area (Å²) in [5.74, 6) is 0. The quantitative estimate of drug-likeness (QED) is 0.172. The van der Waals surface area contributed by atoms with E-state index in [0.29, 0.717) is 0 Å². The molecule has 0 radical (unpaired) electrons. The van der Waals surface area contributed by atoms with E-state index in [1.807, 2.05) is 0 Å². The van der Waals surface area contributed by atoms with Gasteiger partial charge in [-0.2, -0.15) is 0 Å². The van der Waals surface area contributed by atoms with Crippen molar-refractivity contribution in [1.82, 2.24) is 0 Å². The molecule has 7 aromatic rings. The third-order valence-electron chi connectivity index (χ3n) is 11.0. The van der Waals surface area contributed by atoms with Gasteiger partial charge in [-0.3, -0.25) is 0 Å². The first-order valence-corrected chi connectivity index (χ1v) is 18.5. The lowest BCUT2D eigenvalue weighted by atomic mass is 9.33. The van der Waals surface area contributed by atoms with Crippen LogP contribution in [0.15, 0.2) is 152 Å². The normalized spacial score (nSPS) is 13.1. The number of hydrogen-bond donors (Lipinski definition) is 0. The Labute approximate surface area is 309 Å². The first-order valence-electron chi connectivity index (χ1n) is 18.5. The van der Waals surface area contributed by atoms with Crippen molar-refractivity contribution in [2.45, 2.75) is 47.0 Å². The largest absolute Gasteiger partial charge is 0.311 e. The van der Waals surface area contributed by atoms with Crippen LogP contribution in [-0.2, 0) is 5.41 Å². The van der Waals surface area contributed by atoms with Crippen molar-refractivity contribution >= 4 is 57.2 Å². The van der Waals surface area contributed by atoms with Crippen LogP contribution in [0.4, 0.5) is 34.1 Å². The zero-order valence-electron chi connectivity index (χ0n) is 30.9. The predicted octanol–water partition coefficient (Wildman–Crippen LogP) is 11.3. The summed E-state index contributed by atoms with van der Waals surface area (Å²) in [6.07, 6.45) is 0. The van der Waals surface area contributed by atoms with Gasteiger partial charge in [-0.1, -0.05) is 147 Å². The molecule has 52 heavy (non-hydrogen) atoms. The molecule has 0 N–H and O–H groups in total. The second-order valence-corrected chi connectivity index (χ2v) is 15.7. The second-order valence-electron chi connectivity index (χ2n) is 15.7. The van der Waals surface area contributed by atoms with Gasteiger partial charge in [-0.25, -0.2) is 0 Å². The number of nitrogens with zero attached hydrogens (tertiary/aromatic N) is 2. The first kappa shape index (κ1) is 32.1. The Kier molecular flexibility index (Phi) is 7.52. The van der Waals surface area contributed by atoms with E-state index in [1.54, 1.807) is 0 Å². The van der Waals surface area contributed by atoms with Gasteiger partial charge in [0.1, 0.15) is 0 Å². The van der Waals surface area contributed by atoms with Gasteiger partial charge in [-0.05, 0) is 107 Å². The Hall–Kier alpha value is -5.80. The summed E-state index contributed by atoms with van der Waals surface area (Å²) in [6, 6.07) is 57.0. The minimum absolute atomic E-state index is 0.00174. The zero-order valence-corrected chi connectivity index (χ0v) is 30.9. The van der Waals surface area contributed by atoms with Gasteiger partial charge in [0.2, 0.25) is 0 Å². The van der Waals surface area contributed by atoms with Gasteiger partial charge in [0, 0.05) is 34.0 Å². The van der Waals surface area contributed by atoms with E-state index in [2.05, 4.69) is 203 Å². The topological polar surface area (TPSA) is 6.48 Å². The number of para-hydroxylation sites is 1. The van der Waals surface area contributed by atoms with Crippen LogP contribution in [0, 0.1) is 20.8 Å². The standard InChI is InChI=1S/C49H43BN2/c1-32-16-21-35(22-17-32)37-29-46-48-47(30-37)52(43-15-11-10-14-40(43)36-12-8-7-9-13-36)45-27-23-38(49(4,5)6)31-42(45)50(48)41-28-34(3)20-26-44(41)51(46)39-24-18-33(2)19-25-39/h7-31H,1-6H3. The van der Waals surface area contributed by atoms with Gasteiger partial charge in [0.15, 0.2) is 0 Å². The average Bonchev–Trinajstić information content (AvgIpc) is 3.15. The van der Waals surface area contributed by atoms with Crippen LogP contribution in [0.2, 0.25) is 0 Å². The highest BCUT2D eigenvalue weighted by molar-refractivity contribution is 7.00. The number of benzene rings is 7. The molecule has 9 rings (SSSR count). The molecule has 2 nitrogen and oxygen atoms in total. The number of aryl methyl sites for hydroxylation is 3. The number of hydrogen-bond acceptors (Lipinski definition) is 2. The van der Waals surface area contributed by atoms with Gasteiger partial charge in [0.25, 0.3) is 6.71 Å². The van der Waals surface area contributed by atoms with Gasteiger partial charge in [-0.15, -0.1) is 0 Å². The molecule has 2 aliphatic heterocycles. The molecule has 0 bridgehead atoms. The van der Waals surface area contributed by atoms with Crippen LogP contribution in [0.3, 0.4) is 0 Å². The number of fused-ring (bicyclic) bond motifs is 4. The van der Waals surface area contributed by atoms with Crippen molar-refractivity contribution in [3.8, 4) is 22.3 Å². The summed E-state index contributed by atoms with van der Waals surface area (Å²) in [7, 11) is 0. The fraction of sp³-hybridized carbons (Fsp3) is 0.143. The zero-order chi connectivity index (χ0) is 35.7. The molecule has 0 atom stereocenters. The SMILES string of the molecule is Cc1ccc(-c2cc3c4c(c2)N(c2ccccc2-c2ccccc2)c2ccc(C(C)(C)C)cc2B4c2cc(C)ccc2N3c2ccc(C)cc2)cc1. The van der Waals surface area contributed by atoms with Crippen molar-refractivity contribution in [2.75, 3.05) is 9.80 Å². The smallest absolute Gasteiger partial charge is 0.252 e. The average molecular weight is 671 g/mol. The van der Waals surface area contributed by atoms with E-state index >= 15 is 0 Å². The lowest BCUT2D eigenvalue weighted by molar-refractivity contribution is 0.591. The minimum atomic E-state index is -0.00174. The summed E-state index contributed by atoms with van der Waals surface area (Å²) in [4.78, 5) is 5.08. The Bertz CT molecular complexity index is 2470.